The number of likely N-dealkylation sites (N-methyl/N-ethyl adjacent to an activating group) is 1. The fraction of sp³-hybridized carbons (Fsp3) is 0.481. The molecule has 7 heteroatoms. The van der Waals surface area contributed by atoms with Gasteiger partial charge in [-0.15, -0.1) is 0 Å². The number of rotatable bonds is 7. The van der Waals surface area contributed by atoms with Crippen LogP contribution in [-0.2, 0) is 4.79 Å². The number of halogens is 1. The third-order valence-corrected chi connectivity index (χ3v) is 7.81. The van der Waals surface area contributed by atoms with E-state index in [9.17, 15) is 9.59 Å². The Labute approximate surface area is 206 Å². The quantitative estimate of drug-likeness (QED) is 0.593. The van der Waals surface area contributed by atoms with Crippen LogP contribution in [0.3, 0.4) is 0 Å². The van der Waals surface area contributed by atoms with E-state index >= 15 is 0 Å². The van der Waals surface area contributed by atoms with Crippen LogP contribution < -0.4 is 10.2 Å². The maximum Gasteiger partial charge on any atom is 0.256 e. The number of aldehydes is 1. The normalized spacial score (nSPS) is 22.0. The van der Waals surface area contributed by atoms with E-state index in [2.05, 4.69) is 28.2 Å². The largest absolute Gasteiger partial charge is 0.384 e. The van der Waals surface area contributed by atoms with E-state index in [0.717, 1.165) is 80.7 Å². The lowest BCUT2D eigenvalue weighted by molar-refractivity contribution is -0.111. The molecule has 1 unspecified atom stereocenters. The summed E-state index contributed by atoms with van der Waals surface area (Å²) in [6, 6.07) is 13.9. The van der Waals surface area contributed by atoms with Crippen molar-refractivity contribution in [2.24, 2.45) is 5.41 Å². The Kier molecular flexibility index (Phi) is 6.54. The first kappa shape index (κ1) is 23.2. The van der Waals surface area contributed by atoms with E-state index in [0.29, 0.717) is 18.1 Å². The zero-order valence-corrected chi connectivity index (χ0v) is 20.6. The Balaban J connectivity index is 1.43. The molecule has 2 aromatic carbocycles. The van der Waals surface area contributed by atoms with E-state index in [1.807, 2.05) is 41.3 Å². The topological polar surface area (TPSA) is 55.9 Å². The maximum absolute atomic E-state index is 14.0. The lowest BCUT2D eigenvalue weighted by atomic mass is 10.00. The van der Waals surface area contributed by atoms with Crippen molar-refractivity contribution in [1.29, 1.82) is 0 Å². The van der Waals surface area contributed by atoms with Crippen molar-refractivity contribution < 1.29 is 9.59 Å². The molecule has 1 saturated carbocycles. The van der Waals surface area contributed by atoms with Gasteiger partial charge in [0.05, 0.1) is 17.3 Å². The van der Waals surface area contributed by atoms with E-state index in [-0.39, 0.29) is 17.4 Å². The molecule has 0 aromatic heterocycles. The second-order valence-electron chi connectivity index (χ2n) is 10.1. The first-order chi connectivity index (χ1) is 16.5. The molecule has 34 heavy (non-hydrogen) atoms. The van der Waals surface area contributed by atoms with Crippen molar-refractivity contribution in [3.05, 3.63) is 58.6 Å². The molecule has 1 amide bonds. The number of anilines is 2. The highest BCUT2D eigenvalue weighted by atomic mass is 35.5. The number of hydrogen-bond donors (Lipinski definition) is 1. The summed E-state index contributed by atoms with van der Waals surface area (Å²) in [6.07, 6.45) is 5.27. The van der Waals surface area contributed by atoms with Crippen LogP contribution in [0.4, 0.5) is 11.4 Å². The van der Waals surface area contributed by atoms with E-state index in [1.165, 1.54) is 0 Å². The summed E-state index contributed by atoms with van der Waals surface area (Å²) in [6.45, 7) is 4.91. The van der Waals surface area contributed by atoms with E-state index in [4.69, 9.17) is 11.6 Å². The summed E-state index contributed by atoms with van der Waals surface area (Å²) in [5.41, 5.74) is 3.63. The molecule has 5 rings (SSSR count). The zero-order chi connectivity index (χ0) is 23.7. The Morgan fingerprint density at radius 1 is 1.09 bits per heavy atom. The van der Waals surface area contributed by atoms with Crippen LogP contribution in [0.2, 0.25) is 5.02 Å². The van der Waals surface area contributed by atoms with Crippen LogP contribution >= 0.6 is 11.6 Å². The standard InChI is InChI=1S/C27H33ClN4O2/c1-30-14-15-32(25(17-30)20-4-6-21(28)7-5-20)26(34)23-9-8-22(29-18-27(19-33)10-11-27)16-24(23)31-12-2-3-13-31/h4-9,16,19,25,29H,2-3,10-15,17-18H2,1H3. The molecule has 2 aliphatic heterocycles. The first-order valence-corrected chi connectivity index (χ1v) is 12.7. The minimum Gasteiger partial charge on any atom is -0.384 e. The van der Waals surface area contributed by atoms with Gasteiger partial charge in [-0.25, -0.2) is 0 Å². The van der Waals surface area contributed by atoms with Crippen molar-refractivity contribution in [3.8, 4) is 0 Å². The van der Waals surface area contributed by atoms with Gasteiger partial charge in [-0.2, -0.15) is 0 Å². The number of piperazine rings is 1. The number of carbonyl (C=O) groups excluding carboxylic acids is 2. The van der Waals surface area contributed by atoms with Crippen LogP contribution in [0, 0.1) is 5.41 Å². The molecular weight excluding hydrogens is 448 g/mol. The van der Waals surface area contributed by atoms with Gasteiger partial charge < -0.3 is 24.8 Å². The predicted octanol–water partition coefficient (Wildman–Crippen LogP) is 4.46. The molecule has 1 aliphatic carbocycles. The molecule has 1 N–H and O–H groups in total. The van der Waals surface area contributed by atoms with Gasteiger partial charge in [0.25, 0.3) is 5.91 Å². The summed E-state index contributed by atoms with van der Waals surface area (Å²) in [5, 5.41) is 4.15. The Morgan fingerprint density at radius 3 is 2.50 bits per heavy atom. The summed E-state index contributed by atoms with van der Waals surface area (Å²) >= 11 is 6.13. The lowest BCUT2D eigenvalue weighted by Gasteiger charge is -2.41. The van der Waals surface area contributed by atoms with Gasteiger partial charge in [0.15, 0.2) is 0 Å². The average Bonchev–Trinajstić information content (AvgIpc) is 3.43. The van der Waals surface area contributed by atoms with Crippen LogP contribution in [0.1, 0.15) is 47.6 Å². The molecule has 6 nitrogen and oxygen atoms in total. The molecule has 0 radical (unpaired) electrons. The number of carbonyl (C=O) groups is 2. The highest BCUT2D eigenvalue weighted by molar-refractivity contribution is 6.30. The van der Waals surface area contributed by atoms with Gasteiger partial charge in [0, 0.05) is 55.4 Å². The third kappa shape index (κ3) is 4.80. The molecule has 180 valence electrons. The predicted molar refractivity (Wildman–Crippen MR) is 137 cm³/mol. The highest BCUT2D eigenvalue weighted by Gasteiger charge is 2.42. The maximum atomic E-state index is 14.0. The molecule has 3 aliphatic rings. The molecule has 1 atom stereocenters. The molecule has 3 fully saturated rings. The van der Waals surface area contributed by atoms with Crippen LogP contribution in [0.5, 0.6) is 0 Å². The van der Waals surface area contributed by atoms with Crippen LogP contribution in [-0.4, -0.2) is 68.3 Å². The minimum absolute atomic E-state index is 0.0185. The first-order valence-electron chi connectivity index (χ1n) is 12.3. The van der Waals surface area contributed by atoms with Crippen molar-refractivity contribution in [2.45, 2.75) is 31.7 Å². The Morgan fingerprint density at radius 2 is 1.82 bits per heavy atom. The third-order valence-electron chi connectivity index (χ3n) is 7.56. The number of nitrogens with zero attached hydrogens (tertiary/aromatic N) is 3. The van der Waals surface area contributed by atoms with Gasteiger partial charge >= 0.3 is 0 Å². The van der Waals surface area contributed by atoms with Crippen LogP contribution in [0.15, 0.2) is 42.5 Å². The van der Waals surface area contributed by atoms with Crippen molar-refractivity contribution in [1.82, 2.24) is 9.80 Å². The summed E-state index contributed by atoms with van der Waals surface area (Å²) in [7, 11) is 2.10. The number of benzene rings is 2. The molecular formula is C27H33ClN4O2. The fourth-order valence-electron chi connectivity index (χ4n) is 5.10. The zero-order valence-electron chi connectivity index (χ0n) is 19.8. The van der Waals surface area contributed by atoms with E-state index < -0.39 is 0 Å². The minimum atomic E-state index is -0.200. The summed E-state index contributed by atoms with van der Waals surface area (Å²) in [4.78, 5) is 32.0. The SMILES string of the molecule is CN1CCN(C(=O)c2ccc(NCC3(C=O)CC3)cc2N2CCCC2)C(c2ccc(Cl)cc2)C1. The number of hydrogen-bond acceptors (Lipinski definition) is 5. The monoisotopic (exact) mass is 480 g/mol. The lowest BCUT2D eigenvalue weighted by Crippen LogP contribution is -2.49. The van der Waals surface area contributed by atoms with Crippen molar-refractivity contribution in [2.75, 3.05) is 56.5 Å². The molecule has 2 saturated heterocycles. The average molecular weight is 481 g/mol. The second kappa shape index (κ2) is 9.59. The molecule has 2 heterocycles. The van der Waals surface area contributed by atoms with E-state index in [1.54, 1.807) is 0 Å². The van der Waals surface area contributed by atoms with Gasteiger partial charge in [0.2, 0.25) is 0 Å². The summed E-state index contributed by atoms with van der Waals surface area (Å²) < 4.78 is 0. The second-order valence-corrected chi connectivity index (χ2v) is 10.5. The fourth-order valence-corrected chi connectivity index (χ4v) is 5.23. The summed E-state index contributed by atoms with van der Waals surface area (Å²) in [5.74, 6) is 0.0769. The van der Waals surface area contributed by atoms with Crippen LogP contribution in [0.25, 0.3) is 0 Å². The molecule has 0 spiro atoms. The van der Waals surface area contributed by atoms with Gasteiger partial charge in [-0.1, -0.05) is 23.7 Å². The van der Waals surface area contributed by atoms with Gasteiger partial charge in [-0.05, 0) is 68.6 Å². The Bertz CT molecular complexity index is 1050. The van der Waals surface area contributed by atoms with Gasteiger partial charge in [-0.3, -0.25) is 4.79 Å². The van der Waals surface area contributed by atoms with Gasteiger partial charge in [0.1, 0.15) is 6.29 Å². The van der Waals surface area contributed by atoms with Crippen molar-refractivity contribution in [3.63, 3.8) is 0 Å². The molecule has 2 aromatic rings. The Hall–Kier alpha value is -2.57. The molecule has 0 bridgehead atoms. The smallest absolute Gasteiger partial charge is 0.256 e. The highest BCUT2D eigenvalue weighted by Crippen LogP contribution is 2.43. The van der Waals surface area contributed by atoms with Crippen molar-refractivity contribution >= 4 is 35.2 Å². The number of nitrogens with one attached hydrogen (secondary N) is 1. The number of amides is 1.